The number of benzene rings is 3. The lowest BCUT2D eigenvalue weighted by atomic mass is 9.93. The number of piperidine rings is 1. The highest BCUT2D eigenvalue weighted by Gasteiger charge is 2.34. The van der Waals surface area contributed by atoms with Gasteiger partial charge in [0.2, 0.25) is 0 Å². The number of hydrogen-bond acceptors (Lipinski definition) is 5. The zero-order valence-electron chi connectivity index (χ0n) is 20.7. The maximum atomic E-state index is 12.6. The Morgan fingerprint density at radius 3 is 2.36 bits per heavy atom. The predicted molar refractivity (Wildman–Crippen MR) is 141 cm³/mol. The van der Waals surface area contributed by atoms with E-state index in [1.165, 1.54) is 5.56 Å². The number of aromatic nitrogens is 2. The molecule has 0 aliphatic carbocycles. The van der Waals surface area contributed by atoms with Crippen LogP contribution in [0.4, 0.5) is 0 Å². The Morgan fingerprint density at radius 2 is 1.58 bits per heavy atom. The minimum Gasteiger partial charge on any atom is -0.492 e. The number of nitrogens with zero attached hydrogens (tertiary/aromatic N) is 3. The summed E-state index contributed by atoms with van der Waals surface area (Å²) in [7, 11) is 1.79. The molecule has 3 aromatic carbocycles. The molecule has 1 N–H and O–H groups in total. The molecule has 0 amide bonds. The number of fused-ring (bicyclic) bond motifs is 1. The van der Waals surface area contributed by atoms with Crippen LogP contribution in [0.2, 0.25) is 0 Å². The summed E-state index contributed by atoms with van der Waals surface area (Å²) in [6.45, 7) is 3.48. The zero-order valence-corrected chi connectivity index (χ0v) is 20.7. The molecule has 1 saturated heterocycles. The Bertz CT molecular complexity index is 1350. The van der Waals surface area contributed by atoms with Crippen LogP contribution in [-0.2, 0) is 20.1 Å². The van der Waals surface area contributed by atoms with Crippen molar-refractivity contribution in [3.8, 4) is 11.5 Å². The number of rotatable bonds is 9. The van der Waals surface area contributed by atoms with Gasteiger partial charge in [-0.15, -0.1) is 0 Å². The maximum absolute atomic E-state index is 12.6. The third-order valence-corrected chi connectivity index (χ3v) is 6.85. The summed E-state index contributed by atoms with van der Waals surface area (Å²) in [4.78, 5) is 14.8. The van der Waals surface area contributed by atoms with Crippen molar-refractivity contribution in [2.45, 2.75) is 31.5 Å². The lowest BCUT2D eigenvalue weighted by Gasteiger charge is -2.39. The first-order chi connectivity index (χ1) is 17.5. The van der Waals surface area contributed by atoms with Crippen LogP contribution in [-0.4, -0.2) is 51.0 Å². The molecule has 0 bridgehead atoms. The van der Waals surface area contributed by atoms with Crippen LogP contribution in [0.15, 0.2) is 83.7 Å². The summed E-state index contributed by atoms with van der Waals surface area (Å²) in [5, 5.41) is 11.1. The van der Waals surface area contributed by atoms with E-state index in [4.69, 9.17) is 9.47 Å². The first-order valence-corrected chi connectivity index (χ1v) is 12.5. The van der Waals surface area contributed by atoms with Gasteiger partial charge in [0.05, 0.1) is 17.6 Å². The predicted octanol–water partition coefficient (Wildman–Crippen LogP) is 3.82. The van der Waals surface area contributed by atoms with Crippen molar-refractivity contribution >= 4 is 11.0 Å². The van der Waals surface area contributed by atoms with Gasteiger partial charge in [-0.3, -0.25) is 14.0 Å². The second-order valence-electron chi connectivity index (χ2n) is 9.61. The number of hydrogen-bond donors (Lipinski definition) is 1. The highest BCUT2D eigenvalue weighted by molar-refractivity contribution is 5.75. The van der Waals surface area contributed by atoms with E-state index >= 15 is 0 Å². The first-order valence-electron chi connectivity index (χ1n) is 12.5. The average Bonchev–Trinajstić information content (AvgIpc) is 3.14. The summed E-state index contributed by atoms with van der Waals surface area (Å²) in [5.41, 5.74) is 2.12. The molecule has 188 valence electrons. The van der Waals surface area contributed by atoms with Crippen molar-refractivity contribution in [1.82, 2.24) is 14.0 Å². The molecule has 2 heterocycles. The number of likely N-dealkylation sites (tertiary alicyclic amines) is 1. The Labute approximate surface area is 211 Å². The van der Waals surface area contributed by atoms with E-state index in [0.29, 0.717) is 26.3 Å². The van der Waals surface area contributed by atoms with Gasteiger partial charge in [-0.1, -0.05) is 42.5 Å². The standard InChI is InChI=1S/C29H33N3O4/c1-30-26-10-5-6-11-27(26)32(28(30)33)18-19-35-25-14-12-23(13-15-25)20-31-17-7-16-29(34,21-31)22-36-24-8-3-2-4-9-24/h2-6,8-15,34H,7,16-22H2,1H3/t29-/m1/s1. The quantitative estimate of drug-likeness (QED) is 0.389. The molecule has 1 atom stereocenters. The number of β-amino-alcohol motifs (C(OH)–C–C–N with tert-alkyl or cyclic N) is 1. The monoisotopic (exact) mass is 487 g/mol. The minimum atomic E-state index is -0.850. The molecule has 7 nitrogen and oxygen atoms in total. The van der Waals surface area contributed by atoms with E-state index in [-0.39, 0.29) is 5.69 Å². The zero-order chi connectivity index (χ0) is 25.0. The summed E-state index contributed by atoms with van der Waals surface area (Å²) in [5.74, 6) is 1.56. The molecule has 36 heavy (non-hydrogen) atoms. The highest BCUT2D eigenvalue weighted by atomic mass is 16.5. The van der Waals surface area contributed by atoms with Gasteiger partial charge in [0.1, 0.15) is 30.3 Å². The van der Waals surface area contributed by atoms with Crippen molar-refractivity contribution in [3.05, 3.63) is 94.9 Å². The van der Waals surface area contributed by atoms with Crippen molar-refractivity contribution < 1.29 is 14.6 Å². The number of aryl methyl sites for hydroxylation is 1. The van der Waals surface area contributed by atoms with E-state index in [1.807, 2.05) is 66.7 Å². The maximum Gasteiger partial charge on any atom is 0.328 e. The number of imidazole rings is 1. The molecule has 4 aromatic rings. The van der Waals surface area contributed by atoms with Crippen LogP contribution in [0, 0.1) is 0 Å². The number of para-hydroxylation sites is 3. The smallest absolute Gasteiger partial charge is 0.328 e. The van der Waals surface area contributed by atoms with Gasteiger partial charge in [0.25, 0.3) is 0 Å². The normalized spacial score (nSPS) is 18.4. The van der Waals surface area contributed by atoms with Gasteiger partial charge < -0.3 is 14.6 Å². The van der Waals surface area contributed by atoms with Gasteiger partial charge in [0, 0.05) is 20.1 Å². The van der Waals surface area contributed by atoms with Gasteiger partial charge in [0.15, 0.2) is 0 Å². The van der Waals surface area contributed by atoms with Crippen LogP contribution < -0.4 is 15.2 Å². The number of ether oxygens (including phenoxy) is 2. The Morgan fingerprint density at radius 1 is 0.889 bits per heavy atom. The van der Waals surface area contributed by atoms with Crippen LogP contribution in [0.5, 0.6) is 11.5 Å². The second-order valence-corrected chi connectivity index (χ2v) is 9.61. The largest absolute Gasteiger partial charge is 0.492 e. The van der Waals surface area contributed by atoms with Crippen LogP contribution >= 0.6 is 0 Å². The van der Waals surface area contributed by atoms with Gasteiger partial charge in [-0.05, 0) is 61.3 Å². The van der Waals surface area contributed by atoms with Crippen LogP contribution in [0.1, 0.15) is 18.4 Å². The third-order valence-electron chi connectivity index (χ3n) is 6.85. The first kappa shape index (κ1) is 24.2. The Kier molecular flexibility index (Phi) is 7.11. The van der Waals surface area contributed by atoms with Crippen LogP contribution in [0.25, 0.3) is 11.0 Å². The highest BCUT2D eigenvalue weighted by Crippen LogP contribution is 2.25. The van der Waals surface area contributed by atoms with E-state index in [0.717, 1.165) is 48.5 Å². The minimum absolute atomic E-state index is 0.0363. The summed E-state index contributed by atoms with van der Waals surface area (Å²) >= 11 is 0. The van der Waals surface area contributed by atoms with Crippen molar-refractivity contribution in [2.24, 2.45) is 7.05 Å². The van der Waals surface area contributed by atoms with Gasteiger partial charge in [-0.25, -0.2) is 4.79 Å². The molecule has 0 unspecified atom stereocenters. The van der Waals surface area contributed by atoms with Gasteiger partial charge >= 0.3 is 5.69 Å². The third kappa shape index (κ3) is 5.48. The lowest BCUT2D eigenvalue weighted by molar-refractivity contribution is -0.0621. The Hall–Kier alpha value is -3.55. The van der Waals surface area contributed by atoms with E-state index < -0.39 is 5.60 Å². The molecule has 0 radical (unpaired) electrons. The molecule has 1 aromatic heterocycles. The fourth-order valence-corrected chi connectivity index (χ4v) is 4.98. The molecule has 1 aliphatic heterocycles. The summed E-state index contributed by atoms with van der Waals surface area (Å²) < 4.78 is 15.2. The van der Waals surface area contributed by atoms with Crippen LogP contribution in [0.3, 0.4) is 0 Å². The van der Waals surface area contributed by atoms with Crippen molar-refractivity contribution in [1.29, 1.82) is 0 Å². The number of aliphatic hydroxyl groups is 1. The molecule has 1 aliphatic rings. The summed E-state index contributed by atoms with van der Waals surface area (Å²) in [6, 6.07) is 25.5. The van der Waals surface area contributed by atoms with Crippen molar-refractivity contribution in [3.63, 3.8) is 0 Å². The molecule has 0 spiro atoms. The Balaban J connectivity index is 1.13. The van der Waals surface area contributed by atoms with Crippen molar-refractivity contribution in [2.75, 3.05) is 26.3 Å². The second kappa shape index (κ2) is 10.6. The average molecular weight is 488 g/mol. The molecular weight excluding hydrogens is 454 g/mol. The SMILES string of the molecule is Cn1c(=O)n(CCOc2ccc(CN3CCC[C@](O)(COc4ccccc4)C3)cc2)c2ccccc21. The summed E-state index contributed by atoms with van der Waals surface area (Å²) in [6.07, 6.45) is 1.67. The van der Waals surface area contributed by atoms with E-state index in [1.54, 1.807) is 16.2 Å². The molecule has 7 heteroatoms. The fourth-order valence-electron chi connectivity index (χ4n) is 4.98. The van der Waals surface area contributed by atoms with Gasteiger partial charge in [-0.2, -0.15) is 0 Å². The molecule has 1 fully saturated rings. The topological polar surface area (TPSA) is 68.9 Å². The molecule has 0 saturated carbocycles. The fraction of sp³-hybridized carbons (Fsp3) is 0.345. The van der Waals surface area contributed by atoms with E-state index in [2.05, 4.69) is 17.0 Å². The van der Waals surface area contributed by atoms with E-state index in [9.17, 15) is 9.90 Å². The lowest BCUT2D eigenvalue weighted by Crippen LogP contribution is -2.51. The molecular formula is C29H33N3O4. The molecule has 5 rings (SSSR count).